The first kappa shape index (κ1) is 11.2. The molecule has 4 rings (SSSR count). The number of halogens is 1. The van der Waals surface area contributed by atoms with Crippen LogP contribution in [0.4, 0.5) is 0 Å². The first-order chi connectivity index (χ1) is 9.29. The minimum Gasteiger partial charge on any atom is -0.305 e. The molecule has 4 aromatic rings. The van der Waals surface area contributed by atoms with Gasteiger partial charge in [0, 0.05) is 21.6 Å². The summed E-state index contributed by atoms with van der Waals surface area (Å²) in [6.07, 6.45) is 4.10. The summed E-state index contributed by atoms with van der Waals surface area (Å²) in [5, 5.41) is 1.28. The summed E-state index contributed by atoms with van der Waals surface area (Å²) in [4.78, 5) is 5.88. The van der Waals surface area contributed by atoms with E-state index in [1.54, 1.807) is 11.3 Å². The molecule has 0 fully saturated rings. The van der Waals surface area contributed by atoms with Crippen molar-refractivity contribution in [1.29, 1.82) is 0 Å². The third kappa shape index (κ3) is 1.88. The van der Waals surface area contributed by atoms with E-state index in [-0.39, 0.29) is 0 Å². The second kappa shape index (κ2) is 4.18. The average molecular weight is 329 g/mol. The molecule has 0 atom stereocenters. The number of hydrogen-bond acceptors (Lipinski definition) is 2. The van der Waals surface area contributed by atoms with E-state index in [2.05, 4.69) is 57.4 Å². The molecule has 0 aliphatic carbocycles. The molecule has 0 aliphatic heterocycles. The molecule has 2 nitrogen and oxygen atoms in total. The lowest BCUT2D eigenvalue weighted by Gasteiger charge is -1.91. The van der Waals surface area contributed by atoms with Gasteiger partial charge >= 0.3 is 0 Å². The first-order valence-electron chi connectivity index (χ1n) is 5.93. The number of fused-ring (bicyclic) bond motifs is 2. The van der Waals surface area contributed by atoms with Gasteiger partial charge in [-0.3, -0.25) is 0 Å². The molecule has 19 heavy (non-hydrogen) atoms. The molecule has 0 saturated carbocycles. The van der Waals surface area contributed by atoms with Crippen LogP contribution in [-0.2, 0) is 0 Å². The molecule has 0 N–H and O–H groups in total. The smallest absolute Gasteiger partial charge is 0.137 e. The summed E-state index contributed by atoms with van der Waals surface area (Å²) in [6, 6.07) is 14.7. The molecule has 0 bridgehead atoms. The van der Waals surface area contributed by atoms with Gasteiger partial charge in [0.15, 0.2) is 0 Å². The van der Waals surface area contributed by atoms with Gasteiger partial charge in [-0.2, -0.15) is 0 Å². The fourth-order valence-electron chi connectivity index (χ4n) is 2.19. The highest BCUT2D eigenvalue weighted by Crippen LogP contribution is 2.33. The standard InChI is InChI=1S/C15H9BrN2S/c16-11-5-6-15-17-12(9-18(15)8-11)14-7-10-3-1-2-4-13(10)19-14/h1-9H. The largest absolute Gasteiger partial charge is 0.305 e. The lowest BCUT2D eigenvalue weighted by Crippen LogP contribution is -1.80. The van der Waals surface area contributed by atoms with Crippen molar-refractivity contribution in [2.75, 3.05) is 0 Å². The van der Waals surface area contributed by atoms with Crippen molar-refractivity contribution in [3.63, 3.8) is 0 Å². The topological polar surface area (TPSA) is 17.3 Å². The summed E-state index contributed by atoms with van der Waals surface area (Å²) in [6.45, 7) is 0. The quantitative estimate of drug-likeness (QED) is 0.481. The van der Waals surface area contributed by atoms with Crippen molar-refractivity contribution in [2.45, 2.75) is 0 Å². The summed E-state index contributed by atoms with van der Waals surface area (Å²) in [7, 11) is 0. The number of benzene rings is 1. The number of nitrogens with zero attached hydrogens (tertiary/aromatic N) is 2. The van der Waals surface area contributed by atoms with Gasteiger partial charge in [0.2, 0.25) is 0 Å². The van der Waals surface area contributed by atoms with Gasteiger partial charge in [0.1, 0.15) is 5.65 Å². The Hall–Kier alpha value is -1.65. The fourth-order valence-corrected chi connectivity index (χ4v) is 3.56. The molecule has 0 amide bonds. The molecule has 1 aromatic carbocycles. The molecular weight excluding hydrogens is 320 g/mol. The summed E-state index contributed by atoms with van der Waals surface area (Å²) >= 11 is 5.26. The van der Waals surface area contributed by atoms with E-state index < -0.39 is 0 Å². The Balaban J connectivity index is 1.93. The van der Waals surface area contributed by atoms with Gasteiger partial charge in [-0.25, -0.2) is 4.98 Å². The highest BCUT2D eigenvalue weighted by atomic mass is 79.9. The van der Waals surface area contributed by atoms with E-state index in [0.29, 0.717) is 0 Å². The predicted octanol–water partition coefficient (Wildman–Crippen LogP) is 4.98. The van der Waals surface area contributed by atoms with Gasteiger partial charge in [-0.1, -0.05) is 18.2 Å². The lowest BCUT2D eigenvalue weighted by molar-refractivity contribution is 1.17. The summed E-state index contributed by atoms with van der Waals surface area (Å²) in [5.74, 6) is 0. The van der Waals surface area contributed by atoms with Crippen molar-refractivity contribution in [3.05, 3.63) is 59.3 Å². The third-order valence-corrected chi connectivity index (χ3v) is 4.70. The van der Waals surface area contributed by atoms with Crippen LogP contribution in [0, 0.1) is 0 Å². The monoisotopic (exact) mass is 328 g/mol. The van der Waals surface area contributed by atoms with Gasteiger partial charge < -0.3 is 4.40 Å². The number of hydrogen-bond donors (Lipinski definition) is 0. The molecule has 4 heteroatoms. The van der Waals surface area contributed by atoms with Gasteiger partial charge in [-0.05, 0) is 45.6 Å². The molecule has 0 radical (unpaired) electrons. The number of aromatic nitrogens is 2. The number of thiophene rings is 1. The van der Waals surface area contributed by atoms with Crippen LogP contribution in [0.15, 0.2) is 59.3 Å². The zero-order valence-corrected chi connectivity index (χ0v) is 12.3. The molecule has 0 unspecified atom stereocenters. The van der Waals surface area contributed by atoms with Gasteiger partial charge in [-0.15, -0.1) is 11.3 Å². The molecule has 92 valence electrons. The molecule has 0 spiro atoms. The maximum absolute atomic E-state index is 4.67. The maximum Gasteiger partial charge on any atom is 0.137 e. The number of rotatable bonds is 1. The van der Waals surface area contributed by atoms with E-state index >= 15 is 0 Å². The number of imidazole rings is 1. The van der Waals surface area contributed by atoms with Crippen LogP contribution in [-0.4, -0.2) is 9.38 Å². The predicted molar refractivity (Wildman–Crippen MR) is 83.7 cm³/mol. The molecular formula is C15H9BrN2S. The number of pyridine rings is 1. The highest BCUT2D eigenvalue weighted by Gasteiger charge is 2.08. The Morgan fingerprint density at radius 2 is 1.95 bits per heavy atom. The van der Waals surface area contributed by atoms with Crippen molar-refractivity contribution in [1.82, 2.24) is 9.38 Å². The maximum atomic E-state index is 4.67. The Morgan fingerprint density at radius 1 is 1.05 bits per heavy atom. The van der Waals surface area contributed by atoms with E-state index in [4.69, 9.17) is 0 Å². The highest BCUT2D eigenvalue weighted by molar-refractivity contribution is 9.10. The molecule has 0 aliphatic rings. The minimum atomic E-state index is 0.968. The van der Waals surface area contributed by atoms with Crippen LogP contribution in [0.3, 0.4) is 0 Å². The molecule has 3 heterocycles. The van der Waals surface area contributed by atoms with Gasteiger partial charge in [0.05, 0.1) is 10.6 Å². The van der Waals surface area contributed by atoms with Crippen molar-refractivity contribution >= 4 is 43.0 Å². The van der Waals surface area contributed by atoms with E-state index in [1.807, 2.05) is 22.7 Å². The van der Waals surface area contributed by atoms with Crippen LogP contribution in [0.2, 0.25) is 0 Å². The SMILES string of the molecule is Brc1ccc2nc(-c3cc4ccccc4s3)cn2c1. The fraction of sp³-hybridized carbons (Fsp3) is 0. The Kier molecular flexibility index (Phi) is 2.47. The van der Waals surface area contributed by atoms with Crippen molar-refractivity contribution in [2.24, 2.45) is 0 Å². The van der Waals surface area contributed by atoms with Crippen LogP contribution < -0.4 is 0 Å². The zero-order valence-electron chi connectivity index (χ0n) is 9.88. The van der Waals surface area contributed by atoms with Crippen LogP contribution >= 0.6 is 27.3 Å². The van der Waals surface area contributed by atoms with E-state index in [9.17, 15) is 0 Å². The van der Waals surface area contributed by atoms with Crippen molar-refractivity contribution in [3.8, 4) is 10.6 Å². The minimum absolute atomic E-state index is 0.968. The summed E-state index contributed by atoms with van der Waals surface area (Å²) in [5.41, 5.74) is 2.00. The lowest BCUT2D eigenvalue weighted by atomic mass is 10.2. The summed E-state index contributed by atoms with van der Waals surface area (Å²) < 4.78 is 4.40. The van der Waals surface area contributed by atoms with Crippen LogP contribution in [0.1, 0.15) is 0 Å². The van der Waals surface area contributed by atoms with Crippen molar-refractivity contribution < 1.29 is 0 Å². The van der Waals surface area contributed by atoms with Gasteiger partial charge in [0.25, 0.3) is 0 Å². The Morgan fingerprint density at radius 3 is 2.84 bits per heavy atom. The zero-order chi connectivity index (χ0) is 12.8. The molecule has 0 saturated heterocycles. The Labute approximate surface area is 122 Å². The first-order valence-corrected chi connectivity index (χ1v) is 7.54. The second-order valence-corrected chi connectivity index (χ2v) is 6.39. The molecule has 3 aromatic heterocycles. The van der Waals surface area contributed by atoms with Crippen LogP contribution in [0.5, 0.6) is 0 Å². The van der Waals surface area contributed by atoms with E-state index in [0.717, 1.165) is 15.8 Å². The van der Waals surface area contributed by atoms with Crippen LogP contribution in [0.25, 0.3) is 26.3 Å². The normalized spacial score (nSPS) is 11.4. The Bertz CT molecular complexity index is 858. The second-order valence-electron chi connectivity index (χ2n) is 4.39. The average Bonchev–Trinajstić information content (AvgIpc) is 3.00. The van der Waals surface area contributed by atoms with E-state index in [1.165, 1.54) is 15.0 Å². The third-order valence-electron chi connectivity index (χ3n) is 3.09.